The molecule has 0 aromatic heterocycles. The second kappa shape index (κ2) is 8.68. The van der Waals surface area contributed by atoms with Gasteiger partial charge in [-0.25, -0.2) is 4.79 Å². The number of ether oxygens (including phenoxy) is 2. The van der Waals surface area contributed by atoms with Crippen LogP contribution in [-0.4, -0.2) is 50.5 Å². The summed E-state index contributed by atoms with van der Waals surface area (Å²) in [6.45, 7) is 1.68. The zero-order valence-corrected chi connectivity index (χ0v) is 12.6. The van der Waals surface area contributed by atoms with Crippen molar-refractivity contribution in [2.24, 2.45) is 0 Å². The number of carbonyl (C=O) groups excluding carboxylic acids is 1. The van der Waals surface area contributed by atoms with Gasteiger partial charge in [-0.15, -0.1) is 0 Å². The summed E-state index contributed by atoms with van der Waals surface area (Å²) in [6.07, 6.45) is 0. The van der Waals surface area contributed by atoms with E-state index in [9.17, 15) is 9.59 Å². The van der Waals surface area contributed by atoms with Crippen LogP contribution in [0.4, 0.5) is 0 Å². The maximum Gasteiger partial charge on any atom is 0.335 e. The fourth-order valence-electron chi connectivity index (χ4n) is 1.43. The van der Waals surface area contributed by atoms with Gasteiger partial charge in [-0.05, 0) is 18.2 Å². The number of aromatic carboxylic acids is 1. The van der Waals surface area contributed by atoms with Crippen LogP contribution in [-0.2, 0) is 9.47 Å². The highest BCUT2D eigenvalue weighted by Crippen LogP contribution is 2.16. The first-order valence-corrected chi connectivity index (χ1v) is 6.72. The molecule has 0 bridgehead atoms. The molecular formula is C13H16BrNO5. The number of benzene rings is 1. The molecule has 1 amide bonds. The average Bonchev–Trinajstić information content (AvgIpc) is 2.41. The third-order valence-corrected chi connectivity index (χ3v) is 2.83. The lowest BCUT2D eigenvalue weighted by Gasteiger charge is -2.07. The molecular weight excluding hydrogens is 330 g/mol. The summed E-state index contributed by atoms with van der Waals surface area (Å²) in [4.78, 5) is 22.8. The Balaban J connectivity index is 2.49. The van der Waals surface area contributed by atoms with Crippen molar-refractivity contribution < 1.29 is 24.2 Å². The maximum absolute atomic E-state index is 11.9. The van der Waals surface area contributed by atoms with E-state index >= 15 is 0 Å². The Morgan fingerprint density at radius 3 is 2.55 bits per heavy atom. The molecule has 20 heavy (non-hydrogen) atoms. The minimum atomic E-state index is -1.08. The van der Waals surface area contributed by atoms with Crippen LogP contribution >= 0.6 is 15.9 Å². The Morgan fingerprint density at radius 2 is 1.90 bits per heavy atom. The third-order valence-electron chi connectivity index (χ3n) is 2.37. The van der Waals surface area contributed by atoms with Crippen LogP contribution in [0.2, 0.25) is 0 Å². The normalized spacial score (nSPS) is 10.3. The summed E-state index contributed by atoms with van der Waals surface area (Å²) in [5, 5.41) is 11.6. The molecule has 0 saturated carbocycles. The second-order valence-corrected chi connectivity index (χ2v) is 4.81. The topological polar surface area (TPSA) is 84.9 Å². The average molecular weight is 346 g/mol. The molecule has 0 heterocycles. The van der Waals surface area contributed by atoms with E-state index in [1.807, 2.05) is 0 Å². The van der Waals surface area contributed by atoms with Crippen LogP contribution in [0.1, 0.15) is 20.7 Å². The number of hydrogen-bond donors (Lipinski definition) is 2. The molecule has 0 aliphatic carbocycles. The SMILES string of the molecule is COCCOCCNC(=O)c1cc(Br)cc(C(=O)O)c1. The van der Waals surface area contributed by atoms with Gasteiger partial charge in [0.15, 0.2) is 0 Å². The first-order valence-electron chi connectivity index (χ1n) is 5.93. The number of rotatable bonds is 8. The molecule has 0 radical (unpaired) electrons. The highest BCUT2D eigenvalue weighted by molar-refractivity contribution is 9.10. The van der Waals surface area contributed by atoms with Crippen molar-refractivity contribution >= 4 is 27.8 Å². The van der Waals surface area contributed by atoms with Gasteiger partial charge in [0.2, 0.25) is 0 Å². The lowest BCUT2D eigenvalue weighted by Crippen LogP contribution is -2.27. The van der Waals surface area contributed by atoms with E-state index in [0.29, 0.717) is 30.8 Å². The molecule has 1 rings (SSSR count). The highest BCUT2D eigenvalue weighted by Gasteiger charge is 2.11. The van der Waals surface area contributed by atoms with E-state index in [1.54, 1.807) is 13.2 Å². The van der Waals surface area contributed by atoms with Crippen molar-refractivity contribution in [1.82, 2.24) is 5.32 Å². The van der Waals surface area contributed by atoms with Gasteiger partial charge >= 0.3 is 5.97 Å². The zero-order chi connectivity index (χ0) is 15.0. The van der Waals surface area contributed by atoms with Crippen LogP contribution in [0.25, 0.3) is 0 Å². The molecule has 0 fully saturated rings. The van der Waals surface area contributed by atoms with Crippen molar-refractivity contribution in [3.8, 4) is 0 Å². The van der Waals surface area contributed by atoms with Gasteiger partial charge < -0.3 is 19.9 Å². The molecule has 0 atom stereocenters. The number of carbonyl (C=O) groups is 2. The lowest BCUT2D eigenvalue weighted by molar-refractivity contribution is 0.0692. The third kappa shape index (κ3) is 5.68. The molecule has 6 nitrogen and oxygen atoms in total. The molecule has 0 spiro atoms. The number of carboxylic acid groups (broad SMARTS) is 1. The van der Waals surface area contributed by atoms with Crippen molar-refractivity contribution in [2.75, 3.05) is 33.5 Å². The fourth-order valence-corrected chi connectivity index (χ4v) is 1.92. The first-order chi connectivity index (χ1) is 9.54. The van der Waals surface area contributed by atoms with E-state index in [2.05, 4.69) is 21.2 Å². The zero-order valence-electron chi connectivity index (χ0n) is 11.0. The Morgan fingerprint density at radius 1 is 1.20 bits per heavy atom. The molecule has 7 heteroatoms. The van der Waals surface area contributed by atoms with Gasteiger partial charge in [0, 0.05) is 23.7 Å². The molecule has 1 aromatic carbocycles. The summed E-state index contributed by atoms with van der Waals surface area (Å²) < 4.78 is 10.6. The number of hydrogen-bond acceptors (Lipinski definition) is 4. The van der Waals surface area contributed by atoms with Crippen LogP contribution in [0.5, 0.6) is 0 Å². The molecule has 0 aliphatic rings. The van der Waals surface area contributed by atoms with E-state index in [4.69, 9.17) is 14.6 Å². The summed E-state index contributed by atoms with van der Waals surface area (Å²) in [7, 11) is 1.58. The van der Waals surface area contributed by atoms with Gasteiger partial charge in [0.1, 0.15) is 0 Å². The summed E-state index contributed by atoms with van der Waals surface area (Å²) in [5.74, 6) is -1.42. The van der Waals surface area contributed by atoms with E-state index in [-0.39, 0.29) is 17.0 Å². The van der Waals surface area contributed by atoms with E-state index < -0.39 is 5.97 Å². The van der Waals surface area contributed by atoms with Crippen LogP contribution in [0, 0.1) is 0 Å². The van der Waals surface area contributed by atoms with Crippen molar-refractivity contribution in [1.29, 1.82) is 0 Å². The van der Waals surface area contributed by atoms with Gasteiger partial charge in [-0.1, -0.05) is 15.9 Å². The summed E-state index contributed by atoms with van der Waals surface area (Å²) >= 11 is 3.18. The van der Waals surface area contributed by atoms with Crippen LogP contribution in [0.15, 0.2) is 22.7 Å². The largest absolute Gasteiger partial charge is 0.478 e. The smallest absolute Gasteiger partial charge is 0.335 e. The molecule has 110 valence electrons. The number of halogens is 1. The summed E-state index contributed by atoms with van der Waals surface area (Å²) in [6, 6.07) is 4.33. The number of nitrogens with one attached hydrogen (secondary N) is 1. The Hall–Kier alpha value is -1.44. The van der Waals surface area contributed by atoms with E-state index in [0.717, 1.165) is 0 Å². The highest BCUT2D eigenvalue weighted by atomic mass is 79.9. The molecule has 0 aliphatic heterocycles. The Kier molecular flexibility index (Phi) is 7.21. The second-order valence-electron chi connectivity index (χ2n) is 3.89. The van der Waals surface area contributed by atoms with Crippen LogP contribution in [0.3, 0.4) is 0 Å². The summed E-state index contributed by atoms with van der Waals surface area (Å²) in [5.41, 5.74) is 0.342. The van der Waals surface area contributed by atoms with Gasteiger partial charge in [-0.2, -0.15) is 0 Å². The lowest BCUT2D eigenvalue weighted by atomic mass is 10.1. The van der Waals surface area contributed by atoms with E-state index in [1.165, 1.54) is 12.1 Å². The van der Waals surface area contributed by atoms with Gasteiger partial charge in [0.25, 0.3) is 5.91 Å². The molecule has 0 unspecified atom stereocenters. The molecule has 1 aromatic rings. The molecule has 2 N–H and O–H groups in total. The Bertz CT molecular complexity index is 478. The quantitative estimate of drug-likeness (QED) is 0.698. The Labute approximate surface area is 125 Å². The molecule has 0 saturated heterocycles. The van der Waals surface area contributed by atoms with Crippen LogP contribution < -0.4 is 5.32 Å². The van der Waals surface area contributed by atoms with Gasteiger partial charge in [-0.3, -0.25) is 4.79 Å². The predicted octanol–water partition coefficient (Wildman–Crippen LogP) is 1.54. The first kappa shape index (κ1) is 16.6. The number of carboxylic acids is 1. The fraction of sp³-hybridized carbons (Fsp3) is 0.385. The standard InChI is InChI=1S/C13H16BrNO5/c1-19-4-5-20-3-2-15-12(16)9-6-10(13(17)18)8-11(14)7-9/h6-8H,2-5H2,1H3,(H,15,16)(H,17,18). The van der Waals surface area contributed by atoms with Crippen molar-refractivity contribution in [2.45, 2.75) is 0 Å². The van der Waals surface area contributed by atoms with Crippen molar-refractivity contribution in [3.63, 3.8) is 0 Å². The minimum absolute atomic E-state index is 0.0564. The van der Waals surface area contributed by atoms with Crippen molar-refractivity contribution in [3.05, 3.63) is 33.8 Å². The maximum atomic E-state index is 11.9. The minimum Gasteiger partial charge on any atom is -0.478 e. The number of amides is 1. The monoisotopic (exact) mass is 345 g/mol. The van der Waals surface area contributed by atoms with Gasteiger partial charge in [0.05, 0.1) is 25.4 Å². The predicted molar refractivity (Wildman–Crippen MR) is 76.1 cm³/mol. The number of methoxy groups -OCH3 is 1.